The number of hydrogen-bond acceptors (Lipinski definition) is 4. The van der Waals surface area contributed by atoms with E-state index in [1.807, 2.05) is 0 Å². The molecule has 4 nitrogen and oxygen atoms in total. The molecule has 3 rings (SSSR count). The van der Waals surface area contributed by atoms with Crippen molar-refractivity contribution in [1.29, 1.82) is 0 Å². The SMILES string of the molecule is C1C[C@@H]2N=C3OCC[C@@H]3N=C2O1. The van der Waals surface area contributed by atoms with Crippen LogP contribution in [0.25, 0.3) is 0 Å². The molecule has 2 saturated heterocycles. The Balaban J connectivity index is 1.96. The van der Waals surface area contributed by atoms with Crippen LogP contribution in [0.5, 0.6) is 0 Å². The van der Waals surface area contributed by atoms with Gasteiger partial charge in [0.05, 0.1) is 13.2 Å². The molecule has 4 heteroatoms. The van der Waals surface area contributed by atoms with Gasteiger partial charge in [-0.3, -0.25) is 0 Å². The molecule has 0 aliphatic carbocycles. The van der Waals surface area contributed by atoms with E-state index in [2.05, 4.69) is 9.98 Å². The highest BCUT2D eigenvalue weighted by molar-refractivity contribution is 5.95. The van der Waals surface area contributed by atoms with Gasteiger partial charge in [-0.1, -0.05) is 0 Å². The van der Waals surface area contributed by atoms with Gasteiger partial charge in [-0.15, -0.1) is 0 Å². The Labute approximate surface area is 70.3 Å². The molecule has 0 aromatic heterocycles. The number of hydrogen-bond donors (Lipinski definition) is 0. The monoisotopic (exact) mass is 166 g/mol. The van der Waals surface area contributed by atoms with Crippen molar-refractivity contribution in [1.82, 2.24) is 0 Å². The van der Waals surface area contributed by atoms with E-state index in [9.17, 15) is 0 Å². The van der Waals surface area contributed by atoms with E-state index >= 15 is 0 Å². The Kier molecular flexibility index (Phi) is 1.19. The lowest BCUT2D eigenvalue weighted by atomic mass is 10.2. The van der Waals surface area contributed by atoms with E-state index in [-0.39, 0.29) is 12.1 Å². The molecule has 2 fully saturated rings. The standard InChI is InChI=1S/C8H10N2O2/c1-3-11-7-5(1)9-8-6(10-7)2-4-12-8/h5-6H,1-4H2/t5-,6-/m0/s1. The van der Waals surface area contributed by atoms with Gasteiger partial charge in [0.2, 0.25) is 11.8 Å². The van der Waals surface area contributed by atoms with Crippen molar-refractivity contribution >= 4 is 11.8 Å². The molecule has 0 saturated carbocycles. The smallest absolute Gasteiger partial charge is 0.209 e. The van der Waals surface area contributed by atoms with Crippen LogP contribution in [0, 0.1) is 0 Å². The molecule has 0 unspecified atom stereocenters. The first-order valence-electron chi connectivity index (χ1n) is 4.34. The van der Waals surface area contributed by atoms with E-state index in [0.717, 1.165) is 37.9 Å². The van der Waals surface area contributed by atoms with Crippen molar-refractivity contribution in [3.8, 4) is 0 Å². The summed E-state index contributed by atoms with van der Waals surface area (Å²) in [5.74, 6) is 1.66. The molecule has 0 spiro atoms. The molecule has 3 aliphatic rings. The van der Waals surface area contributed by atoms with Crippen molar-refractivity contribution in [3.63, 3.8) is 0 Å². The van der Waals surface area contributed by atoms with Gasteiger partial charge in [-0.25, -0.2) is 9.98 Å². The summed E-state index contributed by atoms with van der Waals surface area (Å²) < 4.78 is 10.7. The fourth-order valence-electron chi connectivity index (χ4n) is 1.78. The summed E-state index contributed by atoms with van der Waals surface area (Å²) in [6.45, 7) is 1.51. The number of fused-ring (bicyclic) bond motifs is 2. The minimum atomic E-state index is 0.161. The third-order valence-corrected chi connectivity index (χ3v) is 2.42. The summed E-state index contributed by atoms with van der Waals surface area (Å²) in [5.41, 5.74) is 0. The van der Waals surface area contributed by atoms with E-state index < -0.39 is 0 Å². The first-order chi connectivity index (χ1) is 5.93. The number of rotatable bonds is 0. The van der Waals surface area contributed by atoms with Crippen molar-refractivity contribution in [2.45, 2.75) is 24.9 Å². The molecular weight excluding hydrogens is 156 g/mol. The molecule has 0 aromatic rings. The molecule has 2 atom stereocenters. The van der Waals surface area contributed by atoms with Crippen molar-refractivity contribution < 1.29 is 9.47 Å². The van der Waals surface area contributed by atoms with E-state index in [0.29, 0.717) is 0 Å². The predicted molar refractivity (Wildman–Crippen MR) is 43.6 cm³/mol. The lowest BCUT2D eigenvalue weighted by Gasteiger charge is -2.14. The number of aliphatic imine (C=N–C) groups is 2. The third kappa shape index (κ3) is 0.777. The first kappa shape index (κ1) is 6.46. The average Bonchev–Trinajstić information content (AvgIpc) is 2.64. The first-order valence-corrected chi connectivity index (χ1v) is 4.34. The second kappa shape index (κ2) is 2.21. The molecule has 64 valence electrons. The van der Waals surface area contributed by atoms with Gasteiger partial charge >= 0.3 is 0 Å². The predicted octanol–water partition coefficient (Wildman–Crippen LogP) is 0.375. The zero-order valence-corrected chi connectivity index (χ0v) is 6.69. The molecule has 0 bridgehead atoms. The van der Waals surface area contributed by atoms with Crippen molar-refractivity contribution in [3.05, 3.63) is 0 Å². The van der Waals surface area contributed by atoms with Gasteiger partial charge in [-0.05, 0) is 0 Å². The largest absolute Gasteiger partial charge is 0.479 e. The lowest BCUT2D eigenvalue weighted by Crippen LogP contribution is -2.27. The molecule has 0 radical (unpaired) electrons. The zero-order valence-electron chi connectivity index (χ0n) is 6.69. The molecule has 3 heterocycles. The summed E-state index contributed by atoms with van der Waals surface area (Å²) in [4.78, 5) is 8.89. The van der Waals surface area contributed by atoms with Gasteiger partial charge < -0.3 is 9.47 Å². The van der Waals surface area contributed by atoms with Gasteiger partial charge in [0.1, 0.15) is 12.1 Å². The average molecular weight is 166 g/mol. The maximum atomic E-state index is 5.35. The molecule has 12 heavy (non-hydrogen) atoms. The number of ether oxygens (including phenoxy) is 2. The van der Waals surface area contributed by atoms with Crippen molar-refractivity contribution in [2.75, 3.05) is 13.2 Å². The summed E-state index contributed by atoms with van der Waals surface area (Å²) in [5, 5.41) is 0. The van der Waals surface area contributed by atoms with Crippen LogP contribution in [-0.2, 0) is 9.47 Å². The maximum Gasteiger partial charge on any atom is 0.209 e. The zero-order chi connectivity index (χ0) is 7.97. The Morgan fingerprint density at radius 2 is 1.42 bits per heavy atom. The summed E-state index contributed by atoms with van der Waals surface area (Å²) >= 11 is 0. The highest BCUT2D eigenvalue weighted by Gasteiger charge is 2.35. The second-order valence-electron chi connectivity index (χ2n) is 3.24. The lowest BCUT2D eigenvalue weighted by molar-refractivity contribution is 0.341. The minimum Gasteiger partial charge on any atom is -0.479 e. The van der Waals surface area contributed by atoms with Gasteiger partial charge in [0, 0.05) is 12.8 Å². The Morgan fingerprint density at radius 3 is 1.92 bits per heavy atom. The fourth-order valence-corrected chi connectivity index (χ4v) is 1.78. The van der Waals surface area contributed by atoms with Crippen LogP contribution in [-0.4, -0.2) is 37.1 Å². The fraction of sp³-hybridized carbons (Fsp3) is 0.750. The molecular formula is C8H10N2O2. The topological polar surface area (TPSA) is 43.2 Å². The highest BCUT2D eigenvalue weighted by atomic mass is 16.5. The van der Waals surface area contributed by atoms with Crippen LogP contribution in [0.4, 0.5) is 0 Å². The highest BCUT2D eigenvalue weighted by Crippen LogP contribution is 2.23. The number of nitrogens with zero attached hydrogens (tertiary/aromatic N) is 2. The summed E-state index contributed by atoms with van der Waals surface area (Å²) in [7, 11) is 0. The maximum absolute atomic E-state index is 5.35. The van der Waals surface area contributed by atoms with Gasteiger partial charge in [-0.2, -0.15) is 0 Å². The Morgan fingerprint density at radius 1 is 0.917 bits per heavy atom. The van der Waals surface area contributed by atoms with E-state index in [1.54, 1.807) is 0 Å². The third-order valence-electron chi connectivity index (χ3n) is 2.42. The van der Waals surface area contributed by atoms with Gasteiger partial charge in [0.25, 0.3) is 0 Å². The van der Waals surface area contributed by atoms with E-state index in [4.69, 9.17) is 9.47 Å². The van der Waals surface area contributed by atoms with Crippen LogP contribution in [0.1, 0.15) is 12.8 Å². The molecule has 0 aromatic carbocycles. The quantitative estimate of drug-likeness (QED) is 0.522. The van der Waals surface area contributed by atoms with Crippen LogP contribution in [0.2, 0.25) is 0 Å². The minimum absolute atomic E-state index is 0.161. The van der Waals surface area contributed by atoms with Crippen LogP contribution in [0.3, 0.4) is 0 Å². The summed E-state index contributed by atoms with van der Waals surface area (Å²) in [6, 6.07) is 0.323. The molecule has 0 amide bonds. The Bertz CT molecular complexity index is 244. The summed E-state index contributed by atoms with van der Waals surface area (Å²) in [6.07, 6.45) is 1.91. The molecule has 3 aliphatic heterocycles. The van der Waals surface area contributed by atoms with Crippen LogP contribution < -0.4 is 0 Å². The second-order valence-corrected chi connectivity index (χ2v) is 3.24. The van der Waals surface area contributed by atoms with E-state index in [1.165, 1.54) is 0 Å². The van der Waals surface area contributed by atoms with Crippen LogP contribution in [0.15, 0.2) is 9.98 Å². The van der Waals surface area contributed by atoms with Crippen LogP contribution >= 0.6 is 0 Å². The van der Waals surface area contributed by atoms with Crippen molar-refractivity contribution in [2.24, 2.45) is 9.98 Å². The molecule has 0 N–H and O–H groups in total. The Hall–Kier alpha value is -1.06. The normalized spacial score (nSPS) is 37.3. The van der Waals surface area contributed by atoms with Gasteiger partial charge in [0.15, 0.2) is 0 Å².